The molecule has 12 heteroatoms. The lowest BCUT2D eigenvalue weighted by atomic mass is 9.92. The van der Waals surface area contributed by atoms with Gasteiger partial charge in [0.1, 0.15) is 6.61 Å². The number of hydrogen-bond acceptors (Lipinski definition) is 3. The third-order valence-corrected chi connectivity index (χ3v) is 4.61. The lowest BCUT2D eigenvalue weighted by Crippen LogP contribution is -2.50. The van der Waals surface area contributed by atoms with Crippen molar-refractivity contribution in [3.05, 3.63) is 70.9 Å². The van der Waals surface area contributed by atoms with Crippen LogP contribution in [0.4, 0.5) is 36.4 Å². The van der Waals surface area contributed by atoms with Crippen molar-refractivity contribution in [1.82, 2.24) is 9.78 Å². The van der Waals surface area contributed by atoms with E-state index in [2.05, 4.69) is 5.10 Å². The predicted octanol–water partition coefficient (Wildman–Crippen LogP) is 5.98. The number of nitrogens with two attached hydrogens (primary N) is 1. The number of alkyl halides is 7. The van der Waals surface area contributed by atoms with Crippen LogP contribution in [0.15, 0.2) is 54.7 Å². The number of hydrogen-bond donors (Lipinski definition) is 1. The molecule has 0 aliphatic heterocycles. The monoisotopic (exact) mass is 467 g/mol. The first-order valence-corrected chi connectivity index (χ1v) is 8.86. The molecule has 0 unspecified atom stereocenters. The number of rotatable bonds is 5. The Hall–Kier alpha value is -2.95. The van der Waals surface area contributed by atoms with Crippen LogP contribution in [0.1, 0.15) is 11.1 Å². The highest BCUT2D eigenvalue weighted by Crippen LogP contribution is 2.53. The van der Waals surface area contributed by atoms with E-state index in [1.165, 1.54) is 16.9 Å². The minimum absolute atomic E-state index is 0.0120. The first-order valence-electron chi connectivity index (χ1n) is 8.48. The van der Waals surface area contributed by atoms with Gasteiger partial charge in [0.15, 0.2) is 0 Å². The summed E-state index contributed by atoms with van der Waals surface area (Å²) in [6.45, 7) is -0.539. The standard InChI is InChI=1S/C19H13ClF7N3O/c20-13-2-4-14(5-3-13)30-8-7-16(29-30)31-10-11-9-12(1-6-15(11)28)17(21,18(22,23)24)19(25,26)27/h1-9H,10,28H2. The molecule has 166 valence electrons. The van der Waals surface area contributed by atoms with Crippen molar-refractivity contribution >= 4 is 17.3 Å². The van der Waals surface area contributed by atoms with Crippen molar-refractivity contribution in [3.8, 4) is 11.6 Å². The molecule has 3 aromatic rings. The summed E-state index contributed by atoms with van der Waals surface area (Å²) in [6.07, 6.45) is -10.9. The van der Waals surface area contributed by atoms with Crippen LogP contribution >= 0.6 is 11.6 Å². The molecule has 0 amide bonds. The SMILES string of the molecule is Nc1ccc(C(F)(C(F)(F)F)C(F)(F)F)cc1COc1ccn(-c2ccc(Cl)cc2)n1. The van der Waals surface area contributed by atoms with Crippen LogP contribution in [-0.4, -0.2) is 22.1 Å². The van der Waals surface area contributed by atoms with Crippen LogP contribution in [0.2, 0.25) is 5.02 Å². The molecule has 0 atom stereocenters. The van der Waals surface area contributed by atoms with Crippen molar-refractivity contribution in [2.45, 2.75) is 24.6 Å². The fraction of sp³-hybridized carbons (Fsp3) is 0.211. The average molecular weight is 468 g/mol. The van der Waals surface area contributed by atoms with Crippen LogP contribution < -0.4 is 10.5 Å². The lowest BCUT2D eigenvalue weighted by Gasteiger charge is -2.30. The van der Waals surface area contributed by atoms with Crippen molar-refractivity contribution in [3.63, 3.8) is 0 Å². The van der Waals surface area contributed by atoms with Gasteiger partial charge in [-0.05, 0) is 36.4 Å². The van der Waals surface area contributed by atoms with Gasteiger partial charge in [0.2, 0.25) is 5.88 Å². The molecular weight excluding hydrogens is 455 g/mol. The van der Waals surface area contributed by atoms with Crippen molar-refractivity contribution < 1.29 is 35.5 Å². The van der Waals surface area contributed by atoms with E-state index in [0.29, 0.717) is 22.8 Å². The molecule has 3 rings (SSSR count). The van der Waals surface area contributed by atoms with Crippen LogP contribution in [-0.2, 0) is 12.3 Å². The number of nitrogens with zero attached hydrogens (tertiary/aromatic N) is 2. The Morgan fingerprint density at radius 2 is 1.52 bits per heavy atom. The molecule has 1 heterocycles. The number of benzene rings is 2. The minimum Gasteiger partial charge on any atom is -0.472 e. The molecule has 0 aliphatic carbocycles. The summed E-state index contributed by atoms with van der Waals surface area (Å²) in [5.74, 6) is 0.0120. The first kappa shape index (κ1) is 22.7. The zero-order chi connectivity index (χ0) is 23.0. The normalized spacial score (nSPS) is 12.8. The molecular formula is C19H13ClF7N3O. The summed E-state index contributed by atoms with van der Waals surface area (Å²) < 4.78 is 98.9. The Labute approximate surface area is 176 Å². The molecule has 0 saturated heterocycles. The lowest BCUT2D eigenvalue weighted by molar-refractivity contribution is -0.348. The van der Waals surface area contributed by atoms with Gasteiger partial charge in [-0.1, -0.05) is 17.7 Å². The van der Waals surface area contributed by atoms with E-state index >= 15 is 0 Å². The van der Waals surface area contributed by atoms with Gasteiger partial charge in [-0.3, -0.25) is 0 Å². The van der Waals surface area contributed by atoms with E-state index in [4.69, 9.17) is 22.1 Å². The number of aromatic nitrogens is 2. The molecule has 0 saturated carbocycles. The maximum absolute atomic E-state index is 14.3. The molecule has 31 heavy (non-hydrogen) atoms. The summed E-state index contributed by atoms with van der Waals surface area (Å²) >= 11 is 5.80. The summed E-state index contributed by atoms with van der Waals surface area (Å²) in [4.78, 5) is 0. The van der Waals surface area contributed by atoms with E-state index in [1.807, 2.05) is 0 Å². The van der Waals surface area contributed by atoms with Crippen LogP contribution in [0.25, 0.3) is 5.69 Å². The Balaban J connectivity index is 1.84. The van der Waals surface area contributed by atoms with Gasteiger partial charge in [0.25, 0.3) is 0 Å². The Bertz CT molecular complexity index is 1050. The number of halogens is 8. The number of nitrogen functional groups attached to an aromatic ring is 1. The number of anilines is 1. The Morgan fingerprint density at radius 3 is 2.10 bits per heavy atom. The third kappa shape index (κ3) is 4.41. The number of ether oxygens (including phenoxy) is 1. The molecule has 1 aromatic heterocycles. The smallest absolute Gasteiger partial charge is 0.435 e. The van der Waals surface area contributed by atoms with Crippen LogP contribution in [0.3, 0.4) is 0 Å². The van der Waals surface area contributed by atoms with Gasteiger partial charge in [0.05, 0.1) is 5.69 Å². The molecule has 0 aliphatic rings. The molecule has 2 N–H and O–H groups in total. The van der Waals surface area contributed by atoms with Crippen molar-refractivity contribution in [2.24, 2.45) is 0 Å². The van der Waals surface area contributed by atoms with Gasteiger partial charge in [-0.2, -0.15) is 26.3 Å². The van der Waals surface area contributed by atoms with E-state index in [-0.39, 0.29) is 17.1 Å². The average Bonchev–Trinajstić information content (AvgIpc) is 3.14. The minimum atomic E-state index is -6.23. The quantitative estimate of drug-likeness (QED) is 0.371. The molecule has 0 radical (unpaired) electrons. The zero-order valence-electron chi connectivity index (χ0n) is 15.3. The van der Waals surface area contributed by atoms with Gasteiger partial charge in [-0.15, -0.1) is 5.10 Å². The van der Waals surface area contributed by atoms with Crippen LogP contribution in [0, 0.1) is 0 Å². The first-order chi connectivity index (χ1) is 14.3. The topological polar surface area (TPSA) is 53.1 Å². The zero-order valence-corrected chi connectivity index (χ0v) is 16.1. The predicted molar refractivity (Wildman–Crippen MR) is 98.7 cm³/mol. The molecule has 0 bridgehead atoms. The molecule has 0 fully saturated rings. The van der Waals surface area contributed by atoms with Gasteiger partial charge < -0.3 is 10.5 Å². The van der Waals surface area contributed by atoms with E-state index in [1.54, 1.807) is 24.3 Å². The maximum Gasteiger partial charge on any atom is 0.435 e. The van der Waals surface area contributed by atoms with Gasteiger partial charge >= 0.3 is 18.0 Å². The fourth-order valence-corrected chi connectivity index (χ4v) is 2.83. The van der Waals surface area contributed by atoms with Crippen LogP contribution in [0.5, 0.6) is 5.88 Å². The summed E-state index contributed by atoms with van der Waals surface area (Å²) in [6, 6.07) is 9.46. The highest BCUT2D eigenvalue weighted by molar-refractivity contribution is 6.30. The fourth-order valence-electron chi connectivity index (χ4n) is 2.71. The molecule has 4 nitrogen and oxygen atoms in total. The Kier molecular flexibility index (Phi) is 5.83. The third-order valence-electron chi connectivity index (χ3n) is 4.35. The summed E-state index contributed by atoms with van der Waals surface area (Å²) in [7, 11) is 0. The van der Waals surface area contributed by atoms with Gasteiger partial charge in [0, 0.05) is 34.1 Å². The second-order valence-electron chi connectivity index (χ2n) is 6.43. The maximum atomic E-state index is 14.3. The van der Waals surface area contributed by atoms with E-state index in [0.717, 1.165) is 6.07 Å². The van der Waals surface area contributed by atoms with Gasteiger partial charge in [-0.25, -0.2) is 9.07 Å². The summed E-state index contributed by atoms with van der Waals surface area (Å²) in [5.41, 5.74) is -1.40. The highest BCUT2D eigenvalue weighted by atomic mass is 35.5. The van der Waals surface area contributed by atoms with E-state index in [9.17, 15) is 30.7 Å². The second kappa shape index (κ2) is 7.95. The molecule has 2 aromatic carbocycles. The van der Waals surface area contributed by atoms with Crippen molar-refractivity contribution in [1.29, 1.82) is 0 Å². The van der Waals surface area contributed by atoms with Crippen molar-refractivity contribution in [2.75, 3.05) is 5.73 Å². The second-order valence-corrected chi connectivity index (χ2v) is 6.87. The molecule has 0 spiro atoms. The largest absolute Gasteiger partial charge is 0.472 e. The summed E-state index contributed by atoms with van der Waals surface area (Å²) in [5, 5.41) is 4.59. The van der Waals surface area contributed by atoms with E-state index < -0.39 is 30.2 Å². The highest BCUT2D eigenvalue weighted by Gasteiger charge is 2.73. The Morgan fingerprint density at radius 1 is 0.903 bits per heavy atom.